The summed E-state index contributed by atoms with van der Waals surface area (Å²) >= 11 is 0. The SMILES string of the molecule is CCNC(=NCCNC(=O)c1ccccc1O)N1CCN(CC(=O)N2CCCCC2)CC1.I. The van der Waals surface area contributed by atoms with E-state index in [1.54, 1.807) is 18.2 Å². The molecule has 0 aromatic heterocycles. The molecule has 0 radical (unpaired) electrons. The highest BCUT2D eigenvalue weighted by atomic mass is 127. The number of halogens is 1. The van der Waals surface area contributed by atoms with E-state index in [4.69, 9.17) is 0 Å². The average molecular weight is 572 g/mol. The number of benzene rings is 1. The maximum atomic E-state index is 12.5. The van der Waals surface area contributed by atoms with Crippen LogP contribution >= 0.6 is 24.0 Å². The fraction of sp³-hybridized carbons (Fsp3) is 0.609. The van der Waals surface area contributed by atoms with Crippen LogP contribution in [-0.4, -0.2) is 103 Å². The largest absolute Gasteiger partial charge is 0.507 e. The Hall–Kier alpha value is -2.08. The van der Waals surface area contributed by atoms with Crippen LogP contribution in [0.1, 0.15) is 36.5 Å². The van der Waals surface area contributed by atoms with Gasteiger partial charge in [0.2, 0.25) is 5.91 Å². The summed E-state index contributed by atoms with van der Waals surface area (Å²) in [5.74, 6) is 0.735. The first-order chi connectivity index (χ1) is 15.6. The van der Waals surface area contributed by atoms with Crippen molar-refractivity contribution in [2.75, 3.05) is 65.4 Å². The number of nitrogens with zero attached hydrogens (tertiary/aromatic N) is 4. The summed E-state index contributed by atoms with van der Waals surface area (Å²) < 4.78 is 0. The lowest BCUT2D eigenvalue weighted by atomic mass is 10.1. The number of para-hydroxylation sites is 1. The van der Waals surface area contributed by atoms with Gasteiger partial charge < -0.3 is 25.5 Å². The zero-order chi connectivity index (χ0) is 22.8. The van der Waals surface area contributed by atoms with Crippen LogP contribution in [0.3, 0.4) is 0 Å². The van der Waals surface area contributed by atoms with Gasteiger partial charge in [0.05, 0.1) is 18.7 Å². The highest BCUT2D eigenvalue weighted by Gasteiger charge is 2.24. The van der Waals surface area contributed by atoms with Gasteiger partial charge in [0, 0.05) is 52.4 Å². The molecule has 0 aliphatic carbocycles. The van der Waals surface area contributed by atoms with Crippen molar-refractivity contribution in [3.05, 3.63) is 29.8 Å². The van der Waals surface area contributed by atoms with Crippen LogP contribution < -0.4 is 10.6 Å². The highest BCUT2D eigenvalue weighted by Crippen LogP contribution is 2.15. The van der Waals surface area contributed by atoms with Crippen LogP contribution in [0.25, 0.3) is 0 Å². The molecule has 0 saturated carbocycles. The molecule has 3 rings (SSSR count). The van der Waals surface area contributed by atoms with E-state index in [2.05, 4.69) is 25.4 Å². The minimum atomic E-state index is -0.310. The molecule has 2 amide bonds. The number of guanidine groups is 1. The Morgan fingerprint density at radius 1 is 0.970 bits per heavy atom. The third-order valence-corrected chi connectivity index (χ3v) is 5.88. The van der Waals surface area contributed by atoms with Crippen LogP contribution in [0.4, 0.5) is 0 Å². The van der Waals surface area contributed by atoms with Crippen molar-refractivity contribution in [3.8, 4) is 5.75 Å². The number of nitrogens with one attached hydrogen (secondary N) is 2. The molecule has 9 nitrogen and oxygen atoms in total. The van der Waals surface area contributed by atoms with E-state index >= 15 is 0 Å². The Kier molecular flexibility index (Phi) is 11.7. The van der Waals surface area contributed by atoms with Gasteiger partial charge in [-0.3, -0.25) is 19.5 Å². The molecule has 2 aliphatic heterocycles. The molecule has 0 unspecified atom stereocenters. The number of rotatable bonds is 7. The van der Waals surface area contributed by atoms with Crippen molar-refractivity contribution in [2.24, 2.45) is 4.99 Å². The summed E-state index contributed by atoms with van der Waals surface area (Å²) in [6.45, 7) is 9.18. The number of phenolic OH excluding ortho intramolecular Hbond substituents is 1. The van der Waals surface area contributed by atoms with Crippen LogP contribution in [0.2, 0.25) is 0 Å². The van der Waals surface area contributed by atoms with Crippen LogP contribution in [0.5, 0.6) is 5.75 Å². The van der Waals surface area contributed by atoms with Gasteiger partial charge in [0.15, 0.2) is 5.96 Å². The fourth-order valence-corrected chi connectivity index (χ4v) is 4.07. The summed E-state index contributed by atoms with van der Waals surface area (Å²) in [6, 6.07) is 6.49. The molecule has 10 heteroatoms. The first-order valence-electron chi connectivity index (χ1n) is 11.7. The van der Waals surface area contributed by atoms with E-state index < -0.39 is 0 Å². The van der Waals surface area contributed by atoms with Crippen LogP contribution in [0, 0.1) is 0 Å². The Morgan fingerprint density at radius 2 is 1.67 bits per heavy atom. The van der Waals surface area contributed by atoms with E-state index in [-0.39, 0.29) is 47.1 Å². The Balaban J connectivity index is 0.00000385. The number of aromatic hydroxyl groups is 1. The molecule has 0 atom stereocenters. The van der Waals surface area contributed by atoms with Gasteiger partial charge in [0.25, 0.3) is 5.91 Å². The molecular formula is C23H37IN6O3. The number of carbonyl (C=O) groups is 2. The number of aliphatic imine (C=N–C) groups is 1. The third-order valence-electron chi connectivity index (χ3n) is 5.88. The van der Waals surface area contributed by atoms with Gasteiger partial charge in [0.1, 0.15) is 5.75 Å². The first-order valence-corrected chi connectivity index (χ1v) is 11.7. The molecule has 2 heterocycles. The number of piperazine rings is 1. The number of hydrogen-bond donors (Lipinski definition) is 3. The van der Waals surface area contributed by atoms with E-state index in [1.807, 2.05) is 11.8 Å². The summed E-state index contributed by atoms with van der Waals surface area (Å²) in [4.78, 5) is 35.8. The predicted octanol–water partition coefficient (Wildman–Crippen LogP) is 1.34. The predicted molar refractivity (Wildman–Crippen MR) is 140 cm³/mol. The molecule has 0 bridgehead atoms. The second-order valence-electron chi connectivity index (χ2n) is 8.21. The monoisotopic (exact) mass is 572 g/mol. The van der Waals surface area contributed by atoms with Crippen LogP contribution in [-0.2, 0) is 4.79 Å². The Bertz CT molecular complexity index is 792. The van der Waals surface area contributed by atoms with Crippen molar-refractivity contribution >= 4 is 41.8 Å². The maximum Gasteiger partial charge on any atom is 0.255 e. The molecule has 1 aromatic rings. The Morgan fingerprint density at radius 3 is 2.33 bits per heavy atom. The molecular weight excluding hydrogens is 535 g/mol. The molecule has 1 aromatic carbocycles. The highest BCUT2D eigenvalue weighted by molar-refractivity contribution is 14.0. The lowest BCUT2D eigenvalue weighted by Gasteiger charge is -2.37. The molecule has 3 N–H and O–H groups in total. The molecule has 2 aliphatic rings. The van der Waals surface area contributed by atoms with E-state index in [0.29, 0.717) is 19.6 Å². The van der Waals surface area contributed by atoms with E-state index in [1.165, 1.54) is 12.5 Å². The fourth-order valence-electron chi connectivity index (χ4n) is 4.07. The van der Waals surface area contributed by atoms with E-state index in [9.17, 15) is 14.7 Å². The number of hydrogen-bond acceptors (Lipinski definition) is 5. The lowest BCUT2D eigenvalue weighted by Crippen LogP contribution is -2.54. The smallest absolute Gasteiger partial charge is 0.255 e. The normalized spacial score (nSPS) is 17.3. The lowest BCUT2D eigenvalue weighted by molar-refractivity contribution is -0.133. The van der Waals surface area contributed by atoms with Crippen molar-refractivity contribution in [2.45, 2.75) is 26.2 Å². The number of amides is 2. The first kappa shape index (κ1) is 27.2. The number of phenols is 1. The zero-order valence-corrected chi connectivity index (χ0v) is 21.8. The van der Waals surface area contributed by atoms with Gasteiger partial charge in [-0.05, 0) is 38.3 Å². The van der Waals surface area contributed by atoms with Gasteiger partial charge in [-0.2, -0.15) is 0 Å². The van der Waals surface area contributed by atoms with Crippen molar-refractivity contribution in [1.82, 2.24) is 25.3 Å². The minimum Gasteiger partial charge on any atom is -0.507 e. The summed E-state index contributed by atoms with van der Waals surface area (Å²) in [6.07, 6.45) is 3.47. The molecule has 0 spiro atoms. The van der Waals surface area contributed by atoms with Gasteiger partial charge in [-0.1, -0.05) is 12.1 Å². The Labute approximate surface area is 213 Å². The number of carbonyl (C=O) groups excluding carboxylic acids is 2. The maximum absolute atomic E-state index is 12.5. The van der Waals surface area contributed by atoms with Gasteiger partial charge >= 0.3 is 0 Å². The summed E-state index contributed by atoms with van der Waals surface area (Å²) in [7, 11) is 0. The van der Waals surface area contributed by atoms with Crippen LogP contribution in [0.15, 0.2) is 29.3 Å². The zero-order valence-electron chi connectivity index (χ0n) is 19.5. The van der Waals surface area contributed by atoms with Crippen molar-refractivity contribution in [1.29, 1.82) is 0 Å². The topological polar surface area (TPSA) is 101 Å². The van der Waals surface area contributed by atoms with Crippen molar-refractivity contribution in [3.63, 3.8) is 0 Å². The molecule has 184 valence electrons. The standard InChI is InChI=1S/C23H36N6O3.HI/c1-2-24-23(26-11-10-25-22(32)19-8-4-5-9-20(19)30)29-16-14-27(15-17-29)18-21(31)28-12-6-3-7-13-28;/h4-5,8-9,30H,2-3,6-7,10-18H2,1H3,(H,24,26)(H,25,32);1H. The average Bonchev–Trinajstić information content (AvgIpc) is 2.82. The second-order valence-corrected chi connectivity index (χ2v) is 8.21. The molecule has 2 fully saturated rings. The summed E-state index contributed by atoms with van der Waals surface area (Å²) in [5, 5.41) is 15.9. The van der Waals surface area contributed by atoms with Crippen molar-refractivity contribution < 1.29 is 14.7 Å². The number of piperidine rings is 1. The quantitative estimate of drug-likeness (QED) is 0.198. The third kappa shape index (κ3) is 8.33. The van der Waals surface area contributed by atoms with Gasteiger partial charge in [-0.15, -0.1) is 24.0 Å². The molecule has 33 heavy (non-hydrogen) atoms. The molecule has 2 saturated heterocycles. The number of likely N-dealkylation sites (tertiary alicyclic amines) is 1. The van der Waals surface area contributed by atoms with E-state index in [0.717, 1.165) is 64.6 Å². The van der Waals surface area contributed by atoms with Gasteiger partial charge in [-0.25, -0.2) is 0 Å². The minimum absolute atomic E-state index is 0. The second kappa shape index (κ2) is 14.2. The summed E-state index contributed by atoms with van der Waals surface area (Å²) in [5.41, 5.74) is 0.263.